The minimum absolute atomic E-state index is 0.0278. The lowest BCUT2D eigenvalue weighted by Gasteiger charge is -2.01. The van der Waals surface area contributed by atoms with Crippen molar-refractivity contribution in [2.45, 2.75) is 0 Å². The summed E-state index contributed by atoms with van der Waals surface area (Å²) in [4.78, 5) is 24.7. The van der Waals surface area contributed by atoms with Crippen molar-refractivity contribution in [2.24, 2.45) is 0 Å². The molecular weight excluding hydrogens is 294 g/mol. The first-order valence-electron chi connectivity index (χ1n) is 7.04. The van der Waals surface area contributed by atoms with Crippen molar-refractivity contribution < 1.29 is 13.6 Å². The highest BCUT2D eigenvalue weighted by Gasteiger charge is 2.17. The van der Waals surface area contributed by atoms with E-state index in [1.54, 1.807) is 36.4 Å². The van der Waals surface area contributed by atoms with Gasteiger partial charge < -0.3 is 14.2 Å². The van der Waals surface area contributed by atoms with Crippen LogP contribution in [0.4, 0.5) is 5.69 Å². The van der Waals surface area contributed by atoms with Crippen LogP contribution in [-0.2, 0) is 0 Å². The van der Waals surface area contributed by atoms with Crippen LogP contribution in [0.2, 0.25) is 0 Å². The number of furan rings is 1. The number of fused-ring (bicyclic) bond motifs is 2. The number of hydrogen-bond donors (Lipinski definition) is 1. The second-order valence-corrected chi connectivity index (χ2v) is 5.06. The van der Waals surface area contributed by atoms with Crippen LogP contribution in [0.1, 0.15) is 10.6 Å². The fraction of sp³-hybridized carbons (Fsp3) is 0. The molecule has 1 amide bonds. The molecule has 0 aliphatic carbocycles. The van der Waals surface area contributed by atoms with Crippen molar-refractivity contribution in [3.05, 3.63) is 76.6 Å². The number of hydrogen-bond acceptors (Lipinski definition) is 4. The number of amides is 1. The SMILES string of the molecule is O=C(Nc1ccccc1)c1cc2c(=O)c3ccccc3oc2o1. The fourth-order valence-corrected chi connectivity index (χ4v) is 2.42. The standard InChI is InChI=1S/C18H11NO4/c20-16-12-8-4-5-9-14(12)22-18-13(16)10-15(23-18)17(21)19-11-6-2-1-3-7-11/h1-10H,(H,19,21). The van der Waals surface area contributed by atoms with Gasteiger partial charge in [0.05, 0.1) is 5.39 Å². The summed E-state index contributed by atoms with van der Waals surface area (Å²) in [6, 6.07) is 17.3. The molecule has 2 aromatic heterocycles. The molecule has 0 spiro atoms. The van der Waals surface area contributed by atoms with Gasteiger partial charge in [0.1, 0.15) is 11.0 Å². The number of carbonyl (C=O) groups excluding carboxylic acids is 1. The number of nitrogens with one attached hydrogen (secondary N) is 1. The van der Waals surface area contributed by atoms with Gasteiger partial charge in [0.15, 0.2) is 5.76 Å². The molecule has 4 rings (SSSR count). The Balaban J connectivity index is 1.80. The molecule has 0 aliphatic heterocycles. The highest BCUT2D eigenvalue weighted by Crippen LogP contribution is 2.22. The van der Waals surface area contributed by atoms with Crippen molar-refractivity contribution in [2.75, 3.05) is 5.32 Å². The summed E-state index contributed by atoms with van der Waals surface area (Å²) in [5, 5.41) is 3.41. The molecule has 1 N–H and O–H groups in total. The van der Waals surface area contributed by atoms with E-state index in [2.05, 4.69) is 5.32 Å². The molecule has 2 aromatic carbocycles. The largest absolute Gasteiger partial charge is 0.425 e. The Kier molecular flexibility index (Phi) is 2.98. The quantitative estimate of drug-likeness (QED) is 0.611. The van der Waals surface area contributed by atoms with Crippen molar-refractivity contribution in [3.8, 4) is 0 Å². The van der Waals surface area contributed by atoms with Crippen LogP contribution in [-0.4, -0.2) is 5.91 Å². The maximum atomic E-state index is 12.4. The van der Waals surface area contributed by atoms with Crippen LogP contribution in [0.3, 0.4) is 0 Å². The van der Waals surface area contributed by atoms with Crippen molar-refractivity contribution in [3.63, 3.8) is 0 Å². The molecule has 0 atom stereocenters. The lowest BCUT2D eigenvalue weighted by atomic mass is 10.2. The molecule has 0 fully saturated rings. The van der Waals surface area contributed by atoms with E-state index >= 15 is 0 Å². The first-order chi connectivity index (χ1) is 11.2. The minimum atomic E-state index is -0.439. The summed E-state index contributed by atoms with van der Waals surface area (Å²) in [7, 11) is 0. The van der Waals surface area contributed by atoms with Crippen molar-refractivity contribution in [1.82, 2.24) is 0 Å². The molecular formula is C18H11NO4. The van der Waals surface area contributed by atoms with Crippen LogP contribution in [0.15, 0.2) is 74.3 Å². The Morgan fingerprint density at radius 2 is 1.61 bits per heavy atom. The molecule has 2 heterocycles. The van der Waals surface area contributed by atoms with Gasteiger partial charge in [0, 0.05) is 11.8 Å². The molecule has 0 bridgehead atoms. The second-order valence-electron chi connectivity index (χ2n) is 5.06. The van der Waals surface area contributed by atoms with Crippen LogP contribution in [0.25, 0.3) is 22.1 Å². The third-order valence-corrected chi connectivity index (χ3v) is 3.53. The molecule has 0 radical (unpaired) electrons. The van der Waals surface area contributed by atoms with E-state index in [0.717, 1.165) is 0 Å². The van der Waals surface area contributed by atoms with Gasteiger partial charge in [0.25, 0.3) is 5.91 Å². The Labute approximate surface area is 130 Å². The number of anilines is 1. The number of carbonyl (C=O) groups is 1. The normalized spacial score (nSPS) is 11.0. The highest BCUT2D eigenvalue weighted by molar-refractivity contribution is 6.04. The Bertz CT molecular complexity index is 1080. The van der Waals surface area contributed by atoms with Crippen molar-refractivity contribution in [1.29, 1.82) is 0 Å². The van der Waals surface area contributed by atoms with Gasteiger partial charge in [-0.1, -0.05) is 30.3 Å². The first-order valence-corrected chi connectivity index (χ1v) is 7.04. The van der Waals surface area contributed by atoms with E-state index in [0.29, 0.717) is 16.7 Å². The summed E-state index contributed by atoms with van der Waals surface area (Å²) >= 11 is 0. The van der Waals surface area contributed by atoms with E-state index in [9.17, 15) is 9.59 Å². The zero-order valence-electron chi connectivity index (χ0n) is 11.9. The van der Waals surface area contributed by atoms with E-state index < -0.39 is 5.91 Å². The fourth-order valence-electron chi connectivity index (χ4n) is 2.42. The van der Waals surface area contributed by atoms with E-state index in [1.165, 1.54) is 6.07 Å². The van der Waals surface area contributed by atoms with Gasteiger partial charge in [-0.05, 0) is 24.3 Å². The van der Waals surface area contributed by atoms with Gasteiger partial charge in [-0.2, -0.15) is 0 Å². The minimum Gasteiger partial charge on any atom is -0.425 e. The first kappa shape index (κ1) is 13.3. The Morgan fingerprint density at radius 3 is 2.43 bits per heavy atom. The van der Waals surface area contributed by atoms with Crippen molar-refractivity contribution >= 4 is 33.7 Å². The van der Waals surface area contributed by atoms with Gasteiger partial charge in [-0.25, -0.2) is 0 Å². The number of para-hydroxylation sites is 2. The molecule has 5 heteroatoms. The average molecular weight is 305 g/mol. The topological polar surface area (TPSA) is 72.5 Å². The Morgan fingerprint density at radius 1 is 0.870 bits per heavy atom. The molecule has 0 saturated heterocycles. The van der Waals surface area contributed by atoms with Gasteiger partial charge in [-0.3, -0.25) is 9.59 Å². The third kappa shape index (κ3) is 2.28. The maximum Gasteiger partial charge on any atom is 0.302 e. The molecule has 23 heavy (non-hydrogen) atoms. The molecule has 112 valence electrons. The third-order valence-electron chi connectivity index (χ3n) is 3.53. The molecule has 4 aromatic rings. The second kappa shape index (κ2) is 5.14. The molecule has 0 aliphatic rings. The molecule has 0 unspecified atom stereocenters. The van der Waals surface area contributed by atoms with Crippen LogP contribution >= 0.6 is 0 Å². The predicted molar refractivity (Wildman–Crippen MR) is 86.7 cm³/mol. The average Bonchev–Trinajstić information content (AvgIpc) is 3.00. The van der Waals surface area contributed by atoms with E-state index in [4.69, 9.17) is 8.83 Å². The molecule has 5 nitrogen and oxygen atoms in total. The van der Waals surface area contributed by atoms with Crippen LogP contribution in [0.5, 0.6) is 0 Å². The number of rotatable bonds is 2. The van der Waals surface area contributed by atoms with Gasteiger partial charge in [0.2, 0.25) is 5.43 Å². The molecule has 0 saturated carbocycles. The number of benzene rings is 2. The highest BCUT2D eigenvalue weighted by atomic mass is 16.5. The summed E-state index contributed by atoms with van der Waals surface area (Å²) in [5.74, 6) is -0.363. The lowest BCUT2D eigenvalue weighted by Crippen LogP contribution is -2.10. The summed E-state index contributed by atoms with van der Waals surface area (Å²) < 4.78 is 11.0. The summed E-state index contributed by atoms with van der Waals surface area (Å²) in [6.45, 7) is 0. The van der Waals surface area contributed by atoms with Gasteiger partial charge in [-0.15, -0.1) is 0 Å². The Hall–Kier alpha value is -3.34. The lowest BCUT2D eigenvalue weighted by molar-refractivity contribution is 0.0997. The predicted octanol–water partition coefficient (Wildman–Crippen LogP) is 3.79. The summed E-state index contributed by atoms with van der Waals surface area (Å²) in [5.41, 5.74) is 0.848. The maximum absolute atomic E-state index is 12.4. The van der Waals surface area contributed by atoms with E-state index in [1.807, 2.05) is 18.2 Å². The monoisotopic (exact) mass is 305 g/mol. The van der Waals surface area contributed by atoms with E-state index in [-0.39, 0.29) is 22.4 Å². The van der Waals surface area contributed by atoms with Crippen LogP contribution in [0, 0.1) is 0 Å². The summed E-state index contributed by atoms with van der Waals surface area (Å²) in [6.07, 6.45) is 0. The van der Waals surface area contributed by atoms with Crippen LogP contribution < -0.4 is 10.7 Å². The van der Waals surface area contributed by atoms with Gasteiger partial charge >= 0.3 is 5.78 Å². The zero-order chi connectivity index (χ0) is 15.8. The smallest absolute Gasteiger partial charge is 0.302 e. The zero-order valence-corrected chi connectivity index (χ0v) is 11.9.